The minimum absolute atomic E-state index is 0.160. The molecule has 4 heteroatoms. The van der Waals surface area contributed by atoms with Crippen molar-refractivity contribution >= 4 is 33.4 Å². The average Bonchev–Trinajstić information content (AvgIpc) is 2.75. The Hall–Kier alpha value is -2.62. The standard InChI is InChI=1S/C29H32ClNO2/c1-19(18-32-28(2,3)4)29(5,6)33-22-14-11-20(12-15-22)27-23-9-7-8-10-25(23)31-26-17-21(30)13-16-24(26)27/h7-17,19H,18H2,1-6H3. The molecule has 3 nitrogen and oxygen atoms in total. The van der Waals surface area contributed by atoms with E-state index in [4.69, 9.17) is 26.1 Å². The number of halogens is 1. The number of nitrogens with zero attached hydrogens (tertiary/aromatic N) is 1. The summed E-state index contributed by atoms with van der Waals surface area (Å²) in [5.41, 5.74) is 3.60. The summed E-state index contributed by atoms with van der Waals surface area (Å²) in [6.07, 6.45) is 0. The van der Waals surface area contributed by atoms with Gasteiger partial charge in [0.15, 0.2) is 0 Å². The van der Waals surface area contributed by atoms with Gasteiger partial charge in [0.2, 0.25) is 0 Å². The quantitative estimate of drug-likeness (QED) is 0.270. The van der Waals surface area contributed by atoms with Crippen LogP contribution in [-0.4, -0.2) is 22.8 Å². The summed E-state index contributed by atoms with van der Waals surface area (Å²) in [5, 5.41) is 2.89. The van der Waals surface area contributed by atoms with Crippen molar-refractivity contribution in [2.45, 2.75) is 52.7 Å². The van der Waals surface area contributed by atoms with Gasteiger partial charge in [-0.05, 0) is 70.5 Å². The molecular weight excluding hydrogens is 430 g/mol. The highest BCUT2D eigenvalue weighted by atomic mass is 35.5. The summed E-state index contributed by atoms with van der Waals surface area (Å²) in [5.74, 6) is 1.08. The summed E-state index contributed by atoms with van der Waals surface area (Å²) < 4.78 is 12.4. The molecule has 0 fully saturated rings. The number of hydrogen-bond donors (Lipinski definition) is 0. The van der Waals surface area contributed by atoms with Crippen molar-refractivity contribution in [3.05, 3.63) is 71.8 Å². The van der Waals surface area contributed by atoms with Crippen LogP contribution < -0.4 is 4.74 Å². The van der Waals surface area contributed by atoms with Gasteiger partial charge in [-0.15, -0.1) is 0 Å². The molecule has 0 N–H and O–H groups in total. The Morgan fingerprint density at radius 3 is 2.21 bits per heavy atom. The highest BCUT2D eigenvalue weighted by molar-refractivity contribution is 6.31. The smallest absolute Gasteiger partial charge is 0.120 e. The van der Waals surface area contributed by atoms with Crippen LogP contribution in [-0.2, 0) is 4.74 Å². The van der Waals surface area contributed by atoms with E-state index in [1.54, 1.807) is 0 Å². The first-order valence-corrected chi connectivity index (χ1v) is 11.8. The third kappa shape index (κ3) is 5.31. The van der Waals surface area contributed by atoms with Crippen LogP contribution in [0.5, 0.6) is 5.75 Å². The lowest BCUT2D eigenvalue weighted by atomic mass is 9.92. The molecule has 0 amide bonds. The monoisotopic (exact) mass is 461 g/mol. The van der Waals surface area contributed by atoms with E-state index in [1.165, 1.54) is 0 Å². The lowest BCUT2D eigenvalue weighted by Crippen LogP contribution is -2.40. The molecule has 0 saturated carbocycles. The van der Waals surface area contributed by atoms with Crippen molar-refractivity contribution in [1.29, 1.82) is 0 Å². The Bertz CT molecular complexity index is 1270. The predicted octanol–water partition coefficient (Wildman–Crippen LogP) is 8.32. The number of pyridine rings is 1. The van der Waals surface area contributed by atoms with Gasteiger partial charge in [0, 0.05) is 27.3 Å². The third-order valence-corrected chi connectivity index (χ3v) is 6.36. The molecule has 4 rings (SSSR count). The first-order valence-electron chi connectivity index (χ1n) is 11.4. The molecule has 0 aliphatic heterocycles. The van der Waals surface area contributed by atoms with Gasteiger partial charge < -0.3 is 9.47 Å². The van der Waals surface area contributed by atoms with Crippen molar-refractivity contribution < 1.29 is 9.47 Å². The zero-order valence-corrected chi connectivity index (χ0v) is 21.0. The Balaban J connectivity index is 1.66. The highest BCUT2D eigenvalue weighted by Crippen LogP contribution is 2.37. The second-order valence-corrected chi connectivity index (χ2v) is 10.7. The van der Waals surface area contributed by atoms with Gasteiger partial charge in [0.1, 0.15) is 11.4 Å². The maximum atomic E-state index is 6.40. The van der Waals surface area contributed by atoms with E-state index in [-0.39, 0.29) is 17.1 Å². The number of fused-ring (bicyclic) bond motifs is 2. The van der Waals surface area contributed by atoms with E-state index < -0.39 is 0 Å². The van der Waals surface area contributed by atoms with Gasteiger partial charge in [-0.3, -0.25) is 0 Å². The second kappa shape index (κ2) is 8.96. The van der Waals surface area contributed by atoms with Crippen LogP contribution in [0.15, 0.2) is 66.7 Å². The minimum Gasteiger partial charge on any atom is -0.488 e. The first kappa shape index (κ1) is 23.5. The zero-order valence-electron chi connectivity index (χ0n) is 20.3. The Kier molecular flexibility index (Phi) is 6.39. The molecule has 0 bridgehead atoms. The van der Waals surface area contributed by atoms with Gasteiger partial charge in [0.25, 0.3) is 0 Å². The summed E-state index contributed by atoms with van der Waals surface area (Å²) in [7, 11) is 0. The lowest BCUT2D eigenvalue weighted by Gasteiger charge is -2.34. The second-order valence-electron chi connectivity index (χ2n) is 10.2. The molecule has 0 spiro atoms. The summed E-state index contributed by atoms with van der Waals surface area (Å²) in [6.45, 7) is 13.3. The molecule has 0 saturated heterocycles. The topological polar surface area (TPSA) is 31.4 Å². The van der Waals surface area contributed by atoms with Crippen molar-refractivity contribution in [3.63, 3.8) is 0 Å². The van der Waals surface area contributed by atoms with Gasteiger partial charge in [-0.1, -0.05) is 54.9 Å². The number of rotatable bonds is 6. The van der Waals surface area contributed by atoms with Crippen LogP contribution >= 0.6 is 11.6 Å². The highest BCUT2D eigenvalue weighted by Gasteiger charge is 2.29. The molecule has 1 atom stereocenters. The van der Waals surface area contributed by atoms with Crippen LogP contribution in [0.3, 0.4) is 0 Å². The molecule has 1 unspecified atom stereocenters. The predicted molar refractivity (Wildman–Crippen MR) is 139 cm³/mol. The summed E-state index contributed by atoms with van der Waals surface area (Å²) in [6, 6.07) is 22.5. The Morgan fingerprint density at radius 1 is 0.848 bits per heavy atom. The maximum Gasteiger partial charge on any atom is 0.120 e. The fraction of sp³-hybridized carbons (Fsp3) is 0.345. The fourth-order valence-electron chi connectivity index (χ4n) is 3.85. The van der Waals surface area contributed by atoms with Crippen molar-refractivity contribution in [1.82, 2.24) is 4.98 Å². The molecule has 1 heterocycles. The molecule has 4 aromatic rings. The van der Waals surface area contributed by atoms with Crippen LogP contribution in [0.4, 0.5) is 0 Å². The van der Waals surface area contributed by atoms with E-state index >= 15 is 0 Å². The fourth-order valence-corrected chi connectivity index (χ4v) is 4.01. The SMILES string of the molecule is CC(COC(C)(C)C)C(C)(C)Oc1ccc(-c2c3ccccc3nc3cc(Cl)ccc23)cc1. The van der Waals surface area contributed by atoms with Crippen LogP contribution in [0, 0.1) is 5.92 Å². The van der Waals surface area contributed by atoms with E-state index in [2.05, 4.69) is 71.9 Å². The molecule has 1 aromatic heterocycles. The van der Waals surface area contributed by atoms with Crippen molar-refractivity contribution in [2.24, 2.45) is 5.92 Å². The Morgan fingerprint density at radius 2 is 1.52 bits per heavy atom. The molecule has 0 aliphatic carbocycles. The molecule has 3 aromatic carbocycles. The average molecular weight is 462 g/mol. The van der Waals surface area contributed by atoms with Crippen LogP contribution in [0.2, 0.25) is 5.02 Å². The summed E-state index contributed by atoms with van der Waals surface area (Å²) in [4.78, 5) is 4.82. The number of ether oxygens (including phenoxy) is 2. The van der Waals surface area contributed by atoms with E-state index in [0.29, 0.717) is 11.6 Å². The number of aromatic nitrogens is 1. The zero-order chi connectivity index (χ0) is 23.8. The van der Waals surface area contributed by atoms with Gasteiger partial charge in [-0.2, -0.15) is 0 Å². The van der Waals surface area contributed by atoms with Crippen LogP contribution in [0.25, 0.3) is 32.9 Å². The molecular formula is C29H32ClNO2. The van der Waals surface area contributed by atoms with Gasteiger partial charge >= 0.3 is 0 Å². The van der Waals surface area contributed by atoms with Crippen molar-refractivity contribution in [3.8, 4) is 16.9 Å². The maximum absolute atomic E-state index is 6.40. The molecule has 33 heavy (non-hydrogen) atoms. The Labute approximate surface area is 201 Å². The molecule has 172 valence electrons. The first-order chi connectivity index (χ1) is 15.5. The van der Waals surface area contributed by atoms with Gasteiger partial charge in [0.05, 0.1) is 23.2 Å². The normalized spacial score (nSPS) is 13.4. The molecule has 0 aliphatic rings. The minimum atomic E-state index is -0.362. The third-order valence-electron chi connectivity index (χ3n) is 6.12. The largest absolute Gasteiger partial charge is 0.488 e. The van der Waals surface area contributed by atoms with Gasteiger partial charge in [-0.25, -0.2) is 4.98 Å². The van der Waals surface area contributed by atoms with E-state index in [1.807, 2.05) is 36.4 Å². The number of hydrogen-bond acceptors (Lipinski definition) is 3. The van der Waals surface area contributed by atoms with E-state index in [9.17, 15) is 0 Å². The number of benzene rings is 3. The number of para-hydroxylation sites is 1. The van der Waals surface area contributed by atoms with E-state index in [0.717, 1.165) is 38.7 Å². The van der Waals surface area contributed by atoms with Crippen molar-refractivity contribution in [2.75, 3.05) is 6.61 Å². The summed E-state index contributed by atoms with van der Waals surface area (Å²) >= 11 is 6.26. The molecule has 0 radical (unpaired) electrons. The van der Waals surface area contributed by atoms with Crippen LogP contribution in [0.1, 0.15) is 41.5 Å². The lowest BCUT2D eigenvalue weighted by molar-refractivity contribution is -0.0604.